The molecular weight excluding hydrogens is 236 g/mol. The van der Waals surface area contributed by atoms with Crippen molar-refractivity contribution in [1.82, 2.24) is 5.32 Å². The third-order valence-electron chi connectivity index (χ3n) is 2.17. The van der Waals surface area contributed by atoms with Crippen LogP contribution in [0, 0.1) is 0 Å². The maximum Gasteiger partial charge on any atom is 0.257 e. The van der Waals surface area contributed by atoms with Crippen molar-refractivity contribution in [2.45, 2.75) is 6.42 Å². The predicted molar refractivity (Wildman–Crippen MR) is 65.2 cm³/mol. The number of ether oxygens (including phenoxy) is 1. The Kier molecular flexibility index (Phi) is 5.66. The van der Waals surface area contributed by atoms with Crippen LogP contribution in [0.5, 0.6) is 5.75 Å². The molecule has 0 unspecified atom stereocenters. The maximum absolute atomic E-state index is 11.3. The number of carbonyl (C=O) groups excluding carboxylic acids is 2. The Hall–Kier alpha value is -2.08. The molecule has 0 spiro atoms. The third-order valence-corrected chi connectivity index (χ3v) is 2.17. The molecule has 6 nitrogen and oxygen atoms in total. The van der Waals surface area contributed by atoms with Crippen LogP contribution in [0.3, 0.4) is 0 Å². The number of para-hydroxylation sites is 1. The minimum atomic E-state index is -0.605. The average Bonchev–Trinajstić information content (AvgIpc) is 2.37. The molecule has 0 aliphatic rings. The number of hydrogen-bond donors (Lipinski definition) is 3. The van der Waals surface area contributed by atoms with Gasteiger partial charge in [0.1, 0.15) is 5.75 Å². The summed E-state index contributed by atoms with van der Waals surface area (Å²) >= 11 is 0. The van der Waals surface area contributed by atoms with Gasteiger partial charge in [-0.25, -0.2) is 0 Å². The highest BCUT2D eigenvalue weighted by Crippen LogP contribution is 2.16. The second-order valence-corrected chi connectivity index (χ2v) is 3.58. The normalized spacial score (nSPS) is 9.83. The summed E-state index contributed by atoms with van der Waals surface area (Å²) in [7, 11) is 0. The Labute approximate surface area is 105 Å². The number of carbonyl (C=O) groups is 2. The fourth-order valence-electron chi connectivity index (χ4n) is 1.30. The molecule has 18 heavy (non-hydrogen) atoms. The molecule has 0 bridgehead atoms. The van der Waals surface area contributed by atoms with Crippen LogP contribution in [0.1, 0.15) is 16.8 Å². The van der Waals surface area contributed by atoms with Crippen LogP contribution in [0.25, 0.3) is 0 Å². The Morgan fingerprint density at radius 1 is 1.33 bits per heavy atom. The number of amides is 2. The fraction of sp³-hybridized carbons (Fsp3) is 0.333. The lowest BCUT2D eigenvalue weighted by Crippen LogP contribution is -2.30. The Morgan fingerprint density at radius 2 is 2.06 bits per heavy atom. The van der Waals surface area contributed by atoms with Crippen LogP contribution in [0.15, 0.2) is 24.3 Å². The van der Waals surface area contributed by atoms with E-state index < -0.39 is 5.91 Å². The lowest BCUT2D eigenvalue weighted by Gasteiger charge is -2.09. The molecule has 98 valence electrons. The summed E-state index contributed by atoms with van der Waals surface area (Å²) in [6, 6.07) is 6.45. The number of nitrogens with one attached hydrogen (secondary N) is 1. The molecule has 0 fully saturated rings. The summed E-state index contributed by atoms with van der Waals surface area (Å²) in [5, 5.41) is 11.1. The van der Waals surface area contributed by atoms with Gasteiger partial charge >= 0.3 is 0 Å². The summed E-state index contributed by atoms with van der Waals surface area (Å²) < 4.78 is 5.22. The van der Waals surface area contributed by atoms with E-state index in [1.54, 1.807) is 18.2 Å². The average molecular weight is 252 g/mol. The van der Waals surface area contributed by atoms with Gasteiger partial charge in [0, 0.05) is 13.2 Å². The minimum absolute atomic E-state index is 0.0195. The Morgan fingerprint density at radius 3 is 2.72 bits per heavy atom. The molecule has 1 aromatic carbocycles. The van der Waals surface area contributed by atoms with Gasteiger partial charge in [-0.3, -0.25) is 9.59 Å². The number of primary amides is 1. The van der Waals surface area contributed by atoms with Gasteiger partial charge in [-0.1, -0.05) is 12.1 Å². The molecule has 4 N–H and O–H groups in total. The third kappa shape index (κ3) is 4.42. The number of nitrogens with two attached hydrogens (primary N) is 1. The SMILES string of the molecule is NC(=O)c1ccccc1OCC(=O)NCCCO. The molecule has 1 rings (SSSR count). The number of aliphatic hydroxyl groups excluding tert-OH is 1. The van der Waals surface area contributed by atoms with E-state index in [1.807, 2.05) is 0 Å². The van der Waals surface area contributed by atoms with Gasteiger partial charge < -0.3 is 20.9 Å². The molecule has 0 aliphatic heterocycles. The molecule has 2 amide bonds. The molecule has 0 aromatic heterocycles. The van der Waals surface area contributed by atoms with Gasteiger partial charge in [0.2, 0.25) is 0 Å². The van der Waals surface area contributed by atoms with E-state index in [0.717, 1.165) is 0 Å². The lowest BCUT2D eigenvalue weighted by molar-refractivity contribution is -0.123. The topological polar surface area (TPSA) is 102 Å². The van der Waals surface area contributed by atoms with Crippen molar-refractivity contribution in [3.63, 3.8) is 0 Å². The van der Waals surface area contributed by atoms with Crippen molar-refractivity contribution in [3.8, 4) is 5.75 Å². The van der Waals surface area contributed by atoms with Gasteiger partial charge in [-0.2, -0.15) is 0 Å². The number of hydrogen-bond acceptors (Lipinski definition) is 4. The summed E-state index contributed by atoms with van der Waals surface area (Å²) in [5.41, 5.74) is 5.41. The van der Waals surface area contributed by atoms with E-state index in [1.165, 1.54) is 6.07 Å². The second-order valence-electron chi connectivity index (χ2n) is 3.58. The summed E-state index contributed by atoms with van der Waals surface area (Å²) in [6.45, 7) is 0.206. The van der Waals surface area contributed by atoms with E-state index >= 15 is 0 Å². The van der Waals surface area contributed by atoms with Crippen LogP contribution in [0.2, 0.25) is 0 Å². The molecule has 0 heterocycles. The lowest BCUT2D eigenvalue weighted by atomic mass is 10.2. The van der Waals surface area contributed by atoms with Gasteiger partial charge in [-0.05, 0) is 18.6 Å². The Balaban J connectivity index is 2.48. The van der Waals surface area contributed by atoms with E-state index in [0.29, 0.717) is 13.0 Å². The van der Waals surface area contributed by atoms with Crippen molar-refractivity contribution in [2.24, 2.45) is 5.73 Å². The number of benzene rings is 1. The van der Waals surface area contributed by atoms with Gasteiger partial charge in [-0.15, -0.1) is 0 Å². The Bertz CT molecular complexity index is 420. The van der Waals surface area contributed by atoms with Crippen LogP contribution in [-0.2, 0) is 4.79 Å². The first-order valence-corrected chi connectivity index (χ1v) is 5.54. The van der Waals surface area contributed by atoms with E-state index in [-0.39, 0.29) is 30.4 Å². The van der Waals surface area contributed by atoms with Crippen molar-refractivity contribution in [3.05, 3.63) is 29.8 Å². The van der Waals surface area contributed by atoms with Crippen LogP contribution >= 0.6 is 0 Å². The number of rotatable bonds is 7. The van der Waals surface area contributed by atoms with Crippen molar-refractivity contribution >= 4 is 11.8 Å². The van der Waals surface area contributed by atoms with Gasteiger partial charge in [0.05, 0.1) is 5.56 Å². The summed E-state index contributed by atoms with van der Waals surface area (Å²) in [4.78, 5) is 22.4. The highest BCUT2D eigenvalue weighted by molar-refractivity contribution is 5.95. The van der Waals surface area contributed by atoms with Crippen molar-refractivity contribution in [1.29, 1.82) is 0 Å². The molecule has 0 radical (unpaired) electrons. The molecule has 0 aliphatic carbocycles. The van der Waals surface area contributed by atoms with E-state index in [9.17, 15) is 9.59 Å². The standard InChI is InChI=1S/C12H16N2O4/c13-12(17)9-4-1-2-5-10(9)18-8-11(16)14-6-3-7-15/h1-2,4-5,15H,3,6-8H2,(H2,13,17)(H,14,16). The predicted octanol–water partition coefficient (Wildman–Crippen LogP) is -0.337. The highest BCUT2D eigenvalue weighted by atomic mass is 16.5. The first-order chi connectivity index (χ1) is 8.65. The van der Waals surface area contributed by atoms with Crippen LogP contribution in [0.4, 0.5) is 0 Å². The number of aliphatic hydroxyl groups is 1. The molecule has 0 saturated heterocycles. The summed E-state index contributed by atoms with van der Waals surface area (Å²) in [5.74, 6) is -0.642. The van der Waals surface area contributed by atoms with Crippen molar-refractivity contribution < 1.29 is 19.4 Å². The zero-order valence-corrected chi connectivity index (χ0v) is 9.89. The van der Waals surface area contributed by atoms with Gasteiger partial charge in [0.15, 0.2) is 6.61 Å². The molecular formula is C12H16N2O4. The first kappa shape index (κ1) is 14.0. The second kappa shape index (κ2) is 7.29. The quantitative estimate of drug-likeness (QED) is 0.578. The summed E-state index contributed by atoms with van der Waals surface area (Å²) in [6.07, 6.45) is 0.490. The monoisotopic (exact) mass is 252 g/mol. The largest absolute Gasteiger partial charge is 0.483 e. The van der Waals surface area contributed by atoms with E-state index in [4.69, 9.17) is 15.6 Å². The maximum atomic E-state index is 11.3. The minimum Gasteiger partial charge on any atom is -0.483 e. The first-order valence-electron chi connectivity index (χ1n) is 5.54. The highest BCUT2D eigenvalue weighted by Gasteiger charge is 2.09. The zero-order chi connectivity index (χ0) is 13.4. The smallest absolute Gasteiger partial charge is 0.257 e. The molecule has 0 saturated carbocycles. The fourth-order valence-corrected chi connectivity index (χ4v) is 1.30. The molecule has 1 aromatic rings. The van der Waals surface area contributed by atoms with Crippen molar-refractivity contribution in [2.75, 3.05) is 19.8 Å². The van der Waals surface area contributed by atoms with Crippen LogP contribution in [-0.4, -0.2) is 36.7 Å². The molecule has 0 atom stereocenters. The molecule has 6 heteroatoms. The van der Waals surface area contributed by atoms with E-state index in [2.05, 4.69) is 5.32 Å². The zero-order valence-electron chi connectivity index (χ0n) is 9.89. The van der Waals surface area contributed by atoms with Gasteiger partial charge in [0.25, 0.3) is 11.8 Å². The van der Waals surface area contributed by atoms with Crippen LogP contribution < -0.4 is 15.8 Å².